The van der Waals surface area contributed by atoms with Crippen molar-refractivity contribution in [2.24, 2.45) is 5.92 Å². The first-order chi connectivity index (χ1) is 11.4. The van der Waals surface area contributed by atoms with Crippen molar-refractivity contribution in [3.05, 3.63) is 5.82 Å². The molecule has 2 saturated heterocycles. The van der Waals surface area contributed by atoms with Gasteiger partial charge >= 0.3 is 0 Å². The Morgan fingerprint density at radius 3 is 2.83 bits per heavy atom. The Morgan fingerprint density at radius 1 is 1.04 bits per heavy atom. The zero-order valence-corrected chi connectivity index (χ0v) is 13.8. The number of aromatic nitrogens is 4. The highest BCUT2D eigenvalue weighted by Crippen LogP contribution is 2.29. The Labute approximate surface area is 137 Å². The summed E-state index contributed by atoms with van der Waals surface area (Å²) in [6.07, 6.45) is 7.70. The van der Waals surface area contributed by atoms with E-state index in [1.807, 2.05) is 4.68 Å². The van der Waals surface area contributed by atoms with Gasteiger partial charge in [0.25, 0.3) is 0 Å². The van der Waals surface area contributed by atoms with Gasteiger partial charge in [-0.05, 0) is 42.0 Å². The van der Waals surface area contributed by atoms with Gasteiger partial charge in [-0.25, -0.2) is 4.68 Å². The lowest BCUT2D eigenvalue weighted by atomic mass is 9.90. The number of morpholine rings is 1. The molecule has 0 unspecified atom stereocenters. The molecule has 3 fully saturated rings. The van der Waals surface area contributed by atoms with Crippen LogP contribution in [0.15, 0.2) is 0 Å². The Bertz CT molecular complexity index is 500. The number of hydrogen-bond acceptors (Lipinski definition) is 6. The highest BCUT2D eigenvalue weighted by Gasteiger charge is 2.34. The predicted molar refractivity (Wildman–Crippen MR) is 83.8 cm³/mol. The fourth-order valence-corrected chi connectivity index (χ4v) is 4.21. The lowest BCUT2D eigenvalue weighted by molar-refractivity contribution is -0.0922. The quantitative estimate of drug-likeness (QED) is 0.831. The minimum absolute atomic E-state index is 0.414. The van der Waals surface area contributed by atoms with E-state index in [9.17, 15) is 0 Å². The second-order valence-electron chi connectivity index (χ2n) is 7.06. The van der Waals surface area contributed by atoms with Gasteiger partial charge < -0.3 is 9.47 Å². The fraction of sp³-hybridized carbons (Fsp3) is 0.938. The molecule has 23 heavy (non-hydrogen) atoms. The van der Waals surface area contributed by atoms with Crippen molar-refractivity contribution in [2.75, 3.05) is 26.4 Å². The number of ether oxygens (including phenoxy) is 2. The summed E-state index contributed by atoms with van der Waals surface area (Å²) >= 11 is 0. The number of nitrogens with zero attached hydrogens (tertiary/aromatic N) is 5. The van der Waals surface area contributed by atoms with Crippen LogP contribution in [0.5, 0.6) is 0 Å². The maximum atomic E-state index is 5.97. The minimum atomic E-state index is 0.414. The van der Waals surface area contributed by atoms with E-state index >= 15 is 0 Å². The Morgan fingerprint density at radius 2 is 1.91 bits per heavy atom. The number of tetrazole rings is 1. The van der Waals surface area contributed by atoms with Gasteiger partial charge in [0, 0.05) is 32.3 Å². The van der Waals surface area contributed by atoms with Crippen LogP contribution < -0.4 is 0 Å². The van der Waals surface area contributed by atoms with E-state index in [1.165, 1.54) is 25.7 Å². The van der Waals surface area contributed by atoms with Crippen molar-refractivity contribution < 1.29 is 9.47 Å². The third kappa shape index (κ3) is 3.56. The first-order valence-electron chi connectivity index (χ1n) is 9.08. The van der Waals surface area contributed by atoms with Gasteiger partial charge in [-0.3, -0.25) is 4.90 Å². The Kier molecular flexibility index (Phi) is 4.87. The maximum Gasteiger partial charge on any atom is 0.165 e. The summed E-state index contributed by atoms with van der Waals surface area (Å²) in [7, 11) is 0. The molecule has 7 heteroatoms. The van der Waals surface area contributed by atoms with Crippen LogP contribution in [-0.2, 0) is 22.6 Å². The Balaban J connectivity index is 1.41. The van der Waals surface area contributed by atoms with E-state index in [0.29, 0.717) is 18.1 Å². The molecule has 7 nitrogen and oxygen atoms in total. The van der Waals surface area contributed by atoms with Gasteiger partial charge in [0.05, 0.1) is 19.3 Å². The molecule has 2 atom stereocenters. The van der Waals surface area contributed by atoms with E-state index in [2.05, 4.69) is 20.4 Å². The average molecular weight is 321 g/mol. The fourth-order valence-electron chi connectivity index (χ4n) is 4.21. The van der Waals surface area contributed by atoms with Gasteiger partial charge in [0.15, 0.2) is 5.82 Å². The topological polar surface area (TPSA) is 65.3 Å². The van der Waals surface area contributed by atoms with Crippen LogP contribution in [-0.4, -0.2) is 63.6 Å². The van der Waals surface area contributed by atoms with Crippen molar-refractivity contribution in [1.82, 2.24) is 25.1 Å². The molecule has 0 amide bonds. The van der Waals surface area contributed by atoms with Crippen LogP contribution in [0.3, 0.4) is 0 Å². The van der Waals surface area contributed by atoms with Crippen LogP contribution in [0.4, 0.5) is 0 Å². The summed E-state index contributed by atoms with van der Waals surface area (Å²) in [6.45, 7) is 5.34. The monoisotopic (exact) mass is 321 g/mol. The molecule has 4 rings (SSSR count). The Hall–Kier alpha value is -1.05. The molecule has 128 valence electrons. The van der Waals surface area contributed by atoms with Gasteiger partial charge in [0.2, 0.25) is 0 Å². The van der Waals surface area contributed by atoms with Crippen molar-refractivity contribution in [3.8, 4) is 0 Å². The second-order valence-corrected chi connectivity index (χ2v) is 7.06. The van der Waals surface area contributed by atoms with E-state index in [-0.39, 0.29) is 0 Å². The summed E-state index contributed by atoms with van der Waals surface area (Å²) in [5, 5.41) is 12.5. The standard InChI is InChI=1S/C16H27N5O2/c1-2-4-15-14(3-1)20(7-10-23-15)12-16-17-18-19-21(16)11-13-5-8-22-9-6-13/h13-15H,1-12H2/t14-,15-/m1/s1. The lowest BCUT2D eigenvalue weighted by Gasteiger charge is -2.43. The van der Waals surface area contributed by atoms with E-state index in [1.54, 1.807) is 0 Å². The summed E-state index contributed by atoms with van der Waals surface area (Å²) in [6, 6.07) is 0.547. The molecule has 0 spiro atoms. The lowest BCUT2D eigenvalue weighted by Crippen LogP contribution is -2.52. The van der Waals surface area contributed by atoms with Crippen molar-refractivity contribution in [1.29, 1.82) is 0 Å². The van der Waals surface area contributed by atoms with Gasteiger partial charge in [-0.1, -0.05) is 12.8 Å². The van der Waals surface area contributed by atoms with Gasteiger partial charge in [-0.15, -0.1) is 5.10 Å². The summed E-state index contributed by atoms with van der Waals surface area (Å²) in [5.74, 6) is 1.64. The normalized spacial score (nSPS) is 30.3. The molecular weight excluding hydrogens is 294 g/mol. The van der Waals surface area contributed by atoms with Gasteiger partial charge in [0.1, 0.15) is 0 Å². The summed E-state index contributed by atoms with van der Waals surface area (Å²) in [4.78, 5) is 2.54. The molecule has 0 N–H and O–H groups in total. The average Bonchev–Trinajstić information content (AvgIpc) is 3.03. The molecule has 0 radical (unpaired) electrons. The van der Waals surface area contributed by atoms with Crippen molar-refractivity contribution >= 4 is 0 Å². The zero-order chi connectivity index (χ0) is 15.5. The molecule has 0 bridgehead atoms. The van der Waals surface area contributed by atoms with Crippen LogP contribution in [0.2, 0.25) is 0 Å². The molecule has 1 aromatic heterocycles. The first kappa shape index (κ1) is 15.5. The van der Waals surface area contributed by atoms with E-state index < -0.39 is 0 Å². The number of fused-ring (bicyclic) bond motifs is 1. The minimum Gasteiger partial charge on any atom is -0.381 e. The highest BCUT2D eigenvalue weighted by atomic mass is 16.5. The molecule has 1 saturated carbocycles. The molecule has 1 aliphatic carbocycles. The third-order valence-electron chi connectivity index (χ3n) is 5.57. The molecule has 2 aliphatic heterocycles. The summed E-state index contributed by atoms with van der Waals surface area (Å²) in [5.41, 5.74) is 0. The van der Waals surface area contributed by atoms with E-state index in [4.69, 9.17) is 9.47 Å². The highest BCUT2D eigenvalue weighted by molar-refractivity contribution is 4.91. The maximum absolute atomic E-state index is 5.97. The van der Waals surface area contributed by atoms with Gasteiger partial charge in [-0.2, -0.15) is 0 Å². The predicted octanol–water partition coefficient (Wildman–Crippen LogP) is 1.24. The largest absolute Gasteiger partial charge is 0.381 e. The van der Waals surface area contributed by atoms with Crippen LogP contribution in [0, 0.1) is 5.92 Å². The first-order valence-corrected chi connectivity index (χ1v) is 9.08. The molecule has 0 aromatic carbocycles. The third-order valence-corrected chi connectivity index (χ3v) is 5.57. The van der Waals surface area contributed by atoms with Crippen molar-refractivity contribution in [3.63, 3.8) is 0 Å². The zero-order valence-electron chi connectivity index (χ0n) is 13.8. The van der Waals surface area contributed by atoms with Crippen LogP contribution >= 0.6 is 0 Å². The van der Waals surface area contributed by atoms with Crippen molar-refractivity contribution in [2.45, 2.75) is 63.8 Å². The molecule has 1 aromatic rings. The van der Waals surface area contributed by atoms with Crippen LogP contribution in [0.25, 0.3) is 0 Å². The van der Waals surface area contributed by atoms with E-state index in [0.717, 1.165) is 58.1 Å². The van der Waals surface area contributed by atoms with Crippen LogP contribution in [0.1, 0.15) is 44.3 Å². The number of hydrogen-bond donors (Lipinski definition) is 0. The number of rotatable bonds is 4. The molecule has 3 aliphatic rings. The SMILES string of the molecule is C1CC[C@H]2OCCN(Cc3nnnn3CC3CCOCC3)[C@@H]2C1. The summed E-state index contributed by atoms with van der Waals surface area (Å²) < 4.78 is 13.4. The second kappa shape index (κ2) is 7.23. The molecular formula is C16H27N5O2. The smallest absolute Gasteiger partial charge is 0.165 e. The molecule has 3 heterocycles.